The molecule has 15 heteroatoms. The van der Waals surface area contributed by atoms with Crippen molar-refractivity contribution in [1.82, 2.24) is 29.7 Å². The van der Waals surface area contributed by atoms with E-state index in [9.17, 15) is 19.2 Å². The molecule has 2 aromatic heterocycles. The van der Waals surface area contributed by atoms with Crippen molar-refractivity contribution < 1.29 is 28.7 Å². The van der Waals surface area contributed by atoms with E-state index in [2.05, 4.69) is 35.1 Å². The number of fused-ring (bicyclic) bond motifs is 1. The number of anilines is 2. The number of Topliss-reactive ketones (excluding diaryl/α,β-unsaturated/α-hetero) is 1. The standard InChI is InChI=1S/C31H36N8O6S/c1-19(40)17-21-18-24(32-20(2)41)34-31(33-21)46-25-26(44-3)35-30(36-27(25)45-4)38-15-13-37(14-16-38)11-7-8-12-39-28(42)22-9-5-6-10-23(22)29(39)43/h5-6,9-10,18H,7-8,11-17H2,1-4H3,(H,32,33,34,41). The van der Waals surface area contributed by atoms with Crippen LogP contribution < -0.4 is 19.7 Å². The van der Waals surface area contributed by atoms with E-state index in [-0.39, 0.29) is 52.7 Å². The van der Waals surface area contributed by atoms with Gasteiger partial charge in [0.05, 0.1) is 31.0 Å². The molecule has 1 N–H and O–H groups in total. The molecule has 46 heavy (non-hydrogen) atoms. The van der Waals surface area contributed by atoms with E-state index < -0.39 is 0 Å². The molecular weight excluding hydrogens is 612 g/mol. The van der Waals surface area contributed by atoms with E-state index in [1.165, 1.54) is 33.0 Å². The van der Waals surface area contributed by atoms with Gasteiger partial charge in [-0.25, -0.2) is 9.97 Å². The summed E-state index contributed by atoms with van der Waals surface area (Å²) in [5.74, 6) is 0.502. The van der Waals surface area contributed by atoms with Crippen molar-refractivity contribution in [3.05, 3.63) is 47.2 Å². The smallest absolute Gasteiger partial charge is 0.261 e. The van der Waals surface area contributed by atoms with Crippen LogP contribution in [0.4, 0.5) is 11.8 Å². The third kappa shape index (κ3) is 7.59. The van der Waals surface area contributed by atoms with Crippen LogP contribution in [0.3, 0.4) is 0 Å². The Bertz CT molecular complexity index is 1550. The number of methoxy groups -OCH3 is 2. The lowest BCUT2D eigenvalue weighted by atomic mass is 10.1. The van der Waals surface area contributed by atoms with Crippen LogP contribution in [0.25, 0.3) is 0 Å². The molecule has 0 atom stereocenters. The minimum Gasteiger partial charge on any atom is -0.480 e. The number of aromatic nitrogens is 4. The normalized spacial score (nSPS) is 14.8. The van der Waals surface area contributed by atoms with E-state index >= 15 is 0 Å². The Morgan fingerprint density at radius 3 is 2.04 bits per heavy atom. The number of nitrogens with one attached hydrogen (secondary N) is 1. The Labute approximate surface area is 270 Å². The zero-order chi connectivity index (χ0) is 32.8. The lowest BCUT2D eigenvalue weighted by Crippen LogP contribution is -2.47. The van der Waals surface area contributed by atoms with Gasteiger partial charge in [0.15, 0.2) is 5.16 Å². The molecule has 242 valence electrons. The summed E-state index contributed by atoms with van der Waals surface area (Å²) >= 11 is 1.11. The van der Waals surface area contributed by atoms with Gasteiger partial charge in [0.25, 0.3) is 11.8 Å². The van der Waals surface area contributed by atoms with Gasteiger partial charge in [-0.1, -0.05) is 12.1 Å². The number of hydrogen-bond acceptors (Lipinski definition) is 13. The van der Waals surface area contributed by atoms with Gasteiger partial charge in [-0.3, -0.25) is 29.0 Å². The van der Waals surface area contributed by atoms with Crippen molar-refractivity contribution in [3.8, 4) is 11.8 Å². The summed E-state index contributed by atoms with van der Waals surface area (Å²) in [5, 5.41) is 2.92. The minimum atomic E-state index is -0.298. The summed E-state index contributed by atoms with van der Waals surface area (Å²) < 4.78 is 11.3. The van der Waals surface area contributed by atoms with Crippen molar-refractivity contribution in [2.45, 2.75) is 43.2 Å². The monoisotopic (exact) mass is 648 g/mol. The van der Waals surface area contributed by atoms with Crippen LogP contribution in [0.2, 0.25) is 0 Å². The van der Waals surface area contributed by atoms with Gasteiger partial charge in [0.2, 0.25) is 23.6 Å². The van der Waals surface area contributed by atoms with Gasteiger partial charge in [-0.2, -0.15) is 9.97 Å². The third-order valence-corrected chi connectivity index (χ3v) is 8.42. The molecular formula is C31H36N8O6S. The van der Waals surface area contributed by atoms with E-state index in [0.29, 0.717) is 47.3 Å². The van der Waals surface area contributed by atoms with Gasteiger partial charge in [0.1, 0.15) is 16.5 Å². The molecule has 0 unspecified atom stereocenters. The van der Waals surface area contributed by atoms with Crippen molar-refractivity contribution >= 4 is 47.0 Å². The average molecular weight is 649 g/mol. The molecule has 2 aliphatic heterocycles. The highest BCUT2D eigenvalue weighted by Gasteiger charge is 2.34. The average Bonchev–Trinajstić information content (AvgIpc) is 3.27. The first-order chi connectivity index (χ1) is 22.2. The second-order valence-electron chi connectivity index (χ2n) is 10.9. The Morgan fingerprint density at radius 2 is 1.48 bits per heavy atom. The molecule has 0 spiro atoms. The lowest BCUT2D eigenvalue weighted by Gasteiger charge is -2.35. The predicted octanol–water partition coefficient (Wildman–Crippen LogP) is 2.72. The fourth-order valence-electron chi connectivity index (χ4n) is 5.32. The highest BCUT2D eigenvalue weighted by molar-refractivity contribution is 7.99. The first-order valence-electron chi connectivity index (χ1n) is 14.9. The van der Waals surface area contributed by atoms with Crippen LogP contribution in [0.5, 0.6) is 11.8 Å². The first kappa shape index (κ1) is 32.8. The molecule has 3 amide bonds. The van der Waals surface area contributed by atoms with Gasteiger partial charge in [-0.15, -0.1) is 0 Å². The zero-order valence-corrected chi connectivity index (χ0v) is 27.1. The minimum absolute atomic E-state index is 0.0761. The number of benzene rings is 1. The maximum Gasteiger partial charge on any atom is 0.261 e. The number of imide groups is 1. The molecule has 0 bridgehead atoms. The fourth-order valence-corrected chi connectivity index (χ4v) is 6.25. The SMILES string of the molecule is COc1nc(N2CCN(CCCCN3C(=O)c4ccccc4C3=O)CC2)nc(OC)c1Sc1nc(CC(C)=O)cc(NC(C)=O)n1. The van der Waals surface area contributed by atoms with Crippen LogP contribution in [0.1, 0.15) is 53.1 Å². The van der Waals surface area contributed by atoms with Crippen LogP contribution in [0, 0.1) is 0 Å². The first-order valence-corrected chi connectivity index (χ1v) is 15.7. The number of unbranched alkanes of at least 4 members (excludes halogenated alkanes) is 1. The molecule has 0 aliphatic carbocycles. The number of piperazine rings is 1. The summed E-state index contributed by atoms with van der Waals surface area (Å²) in [7, 11) is 3.01. The van der Waals surface area contributed by atoms with Gasteiger partial charge in [-0.05, 0) is 50.2 Å². The molecule has 1 saturated heterocycles. The summed E-state index contributed by atoms with van der Waals surface area (Å²) in [6, 6.07) is 8.51. The lowest BCUT2D eigenvalue weighted by molar-refractivity contribution is -0.116. The molecule has 4 heterocycles. The van der Waals surface area contributed by atoms with Gasteiger partial charge in [0, 0.05) is 52.1 Å². The highest BCUT2D eigenvalue weighted by atomic mass is 32.2. The molecule has 5 rings (SSSR count). The third-order valence-electron chi connectivity index (χ3n) is 7.50. The quantitative estimate of drug-likeness (QED) is 0.164. The number of rotatable bonds is 13. The van der Waals surface area contributed by atoms with Crippen LogP contribution in [-0.4, -0.2) is 107 Å². The number of nitrogens with zero attached hydrogens (tertiary/aromatic N) is 7. The van der Waals surface area contributed by atoms with Crippen LogP contribution in [-0.2, 0) is 16.0 Å². The van der Waals surface area contributed by atoms with E-state index in [4.69, 9.17) is 9.47 Å². The number of amides is 3. The van der Waals surface area contributed by atoms with Gasteiger partial charge >= 0.3 is 0 Å². The predicted molar refractivity (Wildman–Crippen MR) is 170 cm³/mol. The molecule has 1 aromatic carbocycles. The molecule has 0 saturated carbocycles. The summed E-state index contributed by atoms with van der Waals surface area (Å²) in [4.78, 5) is 73.0. The molecule has 1 fully saturated rings. The largest absolute Gasteiger partial charge is 0.480 e. The van der Waals surface area contributed by atoms with Crippen molar-refractivity contribution in [2.75, 3.05) is 63.7 Å². The van der Waals surface area contributed by atoms with Gasteiger partial charge < -0.3 is 19.7 Å². The fraction of sp³-hybridized carbons (Fsp3) is 0.419. The summed E-state index contributed by atoms with van der Waals surface area (Å²) in [5.41, 5.74) is 1.42. The number of hydrogen-bond donors (Lipinski definition) is 1. The second-order valence-corrected chi connectivity index (χ2v) is 11.9. The summed E-state index contributed by atoms with van der Waals surface area (Å²) in [6.07, 6.45) is 1.68. The maximum absolute atomic E-state index is 12.6. The molecule has 0 radical (unpaired) electrons. The van der Waals surface area contributed by atoms with Crippen LogP contribution in [0.15, 0.2) is 40.4 Å². The topological polar surface area (TPSA) is 160 Å². The van der Waals surface area contributed by atoms with E-state index in [1.54, 1.807) is 30.3 Å². The maximum atomic E-state index is 12.6. The highest BCUT2D eigenvalue weighted by Crippen LogP contribution is 2.40. The van der Waals surface area contributed by atoms with Crippen molar-refractivity contribution in [3.63, 3.8) is 0 Å². The molecule has 3 aromatic rings. The van der Waals surface area contributed by atoms with E-state index in [1.807, 2.05) is 0 Å². The van der Waals surface area contributed by atoms with Crippen molar-refractivity contribution in [1.29, 1.82) is 0 Å². The zero-order valence-electron chi connectivity index (χ0n) is 26.2. The Hall–Kier alpha value is -4.63. The molecule has 14 nitrogen and oxygen atoms in total. The second kappa shape index (κ2) is 14.6. The number of ether oxygens (including phenoxy) is 2. The number of carbonyl (C=O) groups excluding carboxylic acids is 4. The van der Waals surface area contributed by atoms with Crippen LogP contribution >= 0.6 is 11.8 Å². The Kier molecular flexibility index (Phi) is 10.4. The van der Waals surface area contributed by atoms with Crippen molar-refractivity contribution in [2.24, 2.45) is 0 Å². The number of carbonyl (C=O) groups is 4. The Balaban J connectivity index is 1.19. The number of ketones is 1. The Morgan fingerprint density at radius 1 is 0.870 bits per heavy atom. The summed E-state index contributed by atoms with van der Waals surface area (Å²) in [6.45, 7) is 7.06. The van der Waals surface area contributed by atoms with E-state index in [0.717, 1.165) is 44.2 Å². The molecule has 2 aliphatic rings.